The number of nitrogens with two attached hydrogens (primary N) is 1. The van der Waals surface area contributed by atoms with Crippen LogP contribution in [0.15, 0.2) is 12.4 Å². The molecule has 3 heteroatoms. The van der Waals surface area contributed by atoms with Crippen LogP contribution in [-0.4, -0.2) is 9.78 Å². The minimum absolute atomic E-state index is 0.165. The van der Waals surface area contributed by atoms with Crippen LogP contribution in [0.4, 0.5) is 0 Å². The van der Waals surface area contributed by atoms with E-state index in [9.17, 15) is 0 Å². The summed E-state index contributed by atoms with van der Waals surface area (Å²) < 4.78 is 1.83. The van der Waals surface area contributed by atoms with E-state index in [1.807, 2.05) is 24.1 Å². The molecule has 20 heavy (non-hydrogen) atoms. The summed E-state index contributed by atoms with van der Waals surface area (Å²) in [4.78, 5) is 0. The van der Waals surface area contributed by atoms with Crippen LogP contribution in [0.3, 0.4) is 0 Å². The monoisotopic (exact) mass is 279 g/mol. The van der Waals surface area contributed by atoms with Gasteiger partial charge in [0.15, 0.2) is 0 Å². The van der Waals surface area contributed by atoms with E-state index in [1.165, 1.54) is 69.8 Å². The summed E-state index contributed by atoms with van der Waals surface area (Å²) in [7, 11) is 1.94. The maximum atomic E-state index is 6.16. The van der Waals surface area contributed by atoms with Crippen LogP contribution in [0.5, 0.6) is 0 Å². The number of aromatic nitrogens is 2. The van der Waals surface area contributed by atoms with Crippen LogP contribution >= 0.6 is 0 Å². The van der Waals surface area contributed by atoms with Gasteiger partial charge >= 0.3 is 0 Å². The molecule has 0 bridgehead atoms. The molecule has 1 aromatic rings. The van der Waals surface area contributed by atoms with Crippen molar-refractivity contribution in [2.24, 2.45) is 12.8 Å². The van der Waals surface area contributed by atoms with Crippen LogP contribution in [0.25, 0.3) is 0 Å². The zero-order valence-corrected chi connectivity index (χ0v) is 13.5. The molecule has 1 atom stereocenters. The number of rotatable bonds is 12. The summed E-state index contributed by atoms with van der Waals surface area (Å²) in [6.07, 6.45) is 18.8. The van der Waals surface area contributed by atoms with Crippen molar-refractivity contribution in [2.75, 3.05) is 0 Å². The molecular weight excluding hydrogens is 246 g/mol. The molecule has 0 aliphatic rings. The van der Waals surface area contributed by atoms with Crippen LogP contribution in [0.1, 0.15) is 89.2 Å². The van der Waals surface area contributed by atoms with Gasteiger partial charge in [-0.1, -0.05) is 71.1 Å². The summed E-state index contributed by atoms with van der Waals surface area (Å²) in [5, 5.41) is 4.17. The Morgan fingerprint density at radius 1 is 1.00 bits per heavy atom. The number of aryl methyl sites for hydroxylation is 1. The third-order valence-electron chi connectivity index (χ3n) is 4.02. The highest BCUT2D eigenvalue weighted by molar-refractivity contribution is 5.08. The first-order chi connectivity index (χ1) is 9.74. The van der Waals surface area contributed by atoms with Crippen LogP contribution in [-0.2, 0) is 7.05 Å². The SMILES string of the molecule is CCCCCCCCCCCCC(N)c1cnn(C)c1. The molecule has 0 aliphatic carbocycles. The van der Waals surface area contributed by atoms with E-state index in [-0.39, 0.29) is 6.04 Å². The summed E-state index contributed by atoms with van der Waals surface area (Å²) in [5.41, 5.74) is 7.33. The Labute approximate surface area is 124 Å². The van der Waals surface area contributed by atoms with Crippen molar-refractivity contribution < 1.29 is 0 Å². The summed E-state index contributed by atoms with van der Waals surface area (Å²) in [5.74, 6) is 0. The normalized spacial score (nSPS) is 12.8. The Balaban J connectivity index is 1.89. The minimum atomic E-state index is 0.165. The predicted molar refractivity (Wildman–Crippen MR) is 86.6 cm³/mol. The Hall–Kier alpha value is -0.830. The standard InChI is InChI=1S/C17H33N3/c1-3-4-5-6-7-8-9-10-11-12-13-17(18)16-14-19-20(2)15-16/h14-15,17H,3-13,18H2,1-2H3. The molecule has 0 aliphatic heterocycles. The Kier molecular flexibility index (Phi) is 9.38. The predicted octanol–water partition coefficient (Wildman–Crippen LogP) is 4.73. The molecule has 0 saturated carbocycles. The lowest BCUT2D eigenvalue weighted by molar-refractivity contribution is 0.529. The number of hydrogen-bond donors (Lipinski definition) is 1. The van der Waals surface area contributed by atoms with Crippen LogP contribution < -0.4 is 5.73 Å². The van der Waals surface area contributed by atoms with Gasteiger partial charge in [-0.25, -0.2) is 0 Å². The van der Waals surface area contributed by atoms with Gasteiger partial charge in [-0.3, -0.25) is 4.68 Å². The first-order valence-corrected chi connectivity index (χ1v) is 8.48. The number of unbranched alkanes of at least 4 members (excludes halogenated alkanes) is 9. The summed E-state index contributed by atoms with van der Waals surface area (Å²) >= 11 is 0. The summed E-state index contributed by atoms with van der Waals surface area (Å²) in [6.45, 7) is 2.27. The highest BCUT2D eigenvalue weighted by Crippen LogP contribution is 2.17. The molecule has 3 nitrogen and oxygen atoms in total. The quantitative estimate of drug-likeness (QED) is 0.562. The molecule has 116 valence electrons. The average molecular weight is 279 g/mol. The van der Waals surface area contributed by atoms with Gasteiger partial charge in [-0.05, 0) is 6.42 Å². The van der Waals surface area contributed by atoms with E-state index in [0.717, 1.165) is 6.42 Å². The third kappa shape index (κ3) is 7.68. The van der Waals surface area contributed by atoms with Gasteiger partial charge in [-0.15, -0.1) is 0 Å². The zero-order valence-electron chi connectivity index (χ0n) is 13.5. The zero-order chi connectivity index (χ0) is 14.6. The Morgan fingerprint density at radius 3 is 2.05 bits per heavy atom. The third-order valence-corrected chi connectivity index (χ3v) is 4.02. The van der Waals surface area contributed by atoms with E-state index in [0.29, 0.717) is 0 Å². The van der Waals surface area contributed by atoms with Gasteiger partial charge in [0.25, 0.3) is 0 Å². The fourth-order valence-corrected chi connectivity index (χ4v) is 2.65. The molecule has 1 rings (SSSR count). The second-order valence-electron chi connectivity index (χ2n) is 6.02. The van der Waals surface area contributed by atoms with Crippen molar-refractivity contribution in [3.05, 3.63) is 18.0 Å². The summed E-state index contributed by atoms with van der Waals surface area (Å²) in [6, 6.07) is 0.165. The van der Waals surface area contributed by atoms with Gasteiger partial charge in [-0.2, -0.15) is 5.10 Å². The smallest absolute Gasteiger partial charge is 0.0537 e. The lowest BCUT2D eigenvalue weighted by Gasteiger charge is -2.08. The molecule has 0 spiro atoms. The molecule has 0 fully saturated rings. The Morgan fingerprint density at radius 2 is 1.55 bits per heavy atom. The van der Waals surface area contributed by atoms with Gasteiger partial charge < -0.3 is 5.73 Å². The van der Waals surface area contributed by atoms with E-state index in [1.54, 1.807) is 0 Å². The second kappa shape index (κ2) is 10.9. The molecule has 0 amide bonds. The first-order valence-electron chi connectivity index (χ1n) is 8.48. The molecule has 1 unspecified atom stereocenters. The fourth-order valence-electron chi connectivity index (χ4n) is 2.65. The second-order valence-corrected chi connectivity index (χ2v) is 6.02. The van der Waals surface area contributed by atoms with Crippen molar-refractivity contribution in [1.82, 2.24) is 9.78 Å². The molecule has 2 N–H and O–H groups in total. The highest BCUT2D eigenvalue weighted by atomic mass is 15.2. The highest BCUT2D eigenvalue weighted by Gasteiger charge is 2.07. The maximum absolute atomic E-state index is 6.16. The van der Waals surface area contributed by atoms with Gasteiger partial charge in [0.05, 0.1) is 6.20 Å². The number of nitrogens with zero attached hydrogens (tertiary/aromatic N) is 2. The topological polar surface area (TPSA) is 43.8 Å². The fraction of sp³-hybridized carbons (Fsp3) is 0.824. The van der Waals surface area contributed by atoms with Gasteiger partial charge in [0.1, 0.15) is 0 Å². The van der Waals surface area contributed by atoms with Crippen molar-refractivity contribution in [1.29, 1.82) is 0 Å². The molecule has 1 heterocycles. The molecule has 1 aromatic heterocycles. The van der Waals surface area contributed by atoms with Crippen LogP contribution in [0, 0.1) is 0 Å². The lowest BCUT2D eigenvalue weighted by atomic mass is 10.0. The van der Waals surface area contributed by atoms with Crippen molar-refractivity contribution in [2.45, 2.75) is 83.6 Å². The van der Waals surface area contributed by atoms with E-state index in [2.05, 4.69) is 12.0 Å². The molecular formula is C17H33N3. The van der Waals surface area contributed by atoms with Gasteiger partial charge in [0.2, 0.25) is 0 Å². The van der Waals surface area contributed by atoms with Crippen LogP contribution in [0.2, 0.25) is 0 Å². The van der Waals surface area contributed by atoms with Crippen molar-refractivity contribution in [3.8, 4) is 0 Å². The Bertz CT molecular complexity index is 333. The number of hydrogen-bond acceptors (Lipinski definition) is 2. The van der Waals surface area contributed by atoms with Crippen molar-refractivity contribution >= 4 is 0 Å². The minimum Gasteiger partial charge on any atom is -0.324 e. The molecule has 0 radical (unpaired) electrons. The average Bonchev–Trinajstić information content (AvgIpc) is 2.87. The largest absolute Gasteiger partial charge is 0.324 e. The van der Waals surface area contributed by atoms with Crippen molar-refractivity contribution in [3.63, 3.8) is 0 Å². The van der Waals surface area contributed by atoms with E-state index >= 15 is 0 Å². The van der Waals surface area contributed by atoms with E-state index in [4.69, 9.17) is 5.73 Å². The first kappa shape index (κ1) is 17.2. The lowest BCUT2D eigenvalue weighted by Crippen LogP contribution is -2.09. The maximum Gasteiger partial charge on any atom is 0.0537 e. The molecule has 0 saturated heterocycles. The van der Waals surface area contributed by atoms with Gasteiger partial charge in [0, 0.05) is 24.8 Å². The van der Waals surface area contributed by atoms with E-state index < -0.39 is 0 Å². The molecule has 0 aromatic carbocycles.